The molecule has 3 amide bonds. The van der Waals surface area contributed by atoms with Crippen LogP contribution in [-0.4, -0.2) is 52.1 Å². The first-order chi connectivity index (χ1) is 16.3. The molecule has 2 aliphatic rings. The maximum absolute atomic E-state index is 13.4. The second-order valence-corrected chi connectivity index (χ2v) is 7.97. The Hall–Kier alpha value is -4.34. The number of hydrogen-bond donors (Lipinski definition) is 0. The predicted molar refractivity (Wildman–Crippen MR) is 119 cm³/mol. The second-order valence-electron chi connectivity index (χ2n) is 7.97. The first kappa shape index (κ1) is 22.8. The summed E-state index contributed by atoms with van der Waals surface area (Å²) < 4.78 is 5.14. The Labute approximate surface area is 194 Å². The number of nitrogens with zero attached hydrogens (tertiary/aromatic N) is 3. The van der Waals surface area contributed by atoms with Crippen LogP contribution in [-0.2, 0) is 9.59 Å². The number of benzene rings is 2. The number of ketones is 1. The molecule has 1 fully saturated rings. The van der Waals surface area contributed by atoms with E-state index in [1.165, 1.54) is 31.4 Å². The van der Waals surface area contributed by atoms with Crippen LogP contribution < -0.4 is 4.74 Å². The highest BCUT2D eigenvalue weighted by Gasteiger charge is 2.51. The van der Waals surface area contributed by atoms with Crippen molar-refractivity contribution in [3.05, 3.63) is 81.9 Å². The Bertz CT molecular complexity index is 1180. The fraction of sp³-hybridized carbons (Fsp3) is 0.250. The number of fused-ring (bicyclic) bond motifs is 1. The lowest BCUT2D eigenvalue weighted by Gasteiger charge is -2.30. The molecule has 0 aromatic heterocycles. The minimum absolute atomic E-state index is 0.00219. The van der Waals surface area contributed by atoms with E-state index >= 15 is 0 Å². The molecule has 2 aromatic carbocycles. The van der Waals surface area contributed by atoms with Gasteiger partial charge in [-0.05, 0) is 37.1 Å². The molecule has 0 spiro atoms. The smallest absolute Gasteiger partial charge is 0.273 e. The van der Waals surface area contributed by atoms with Gasteiger partial charge in [0.25, 0.3) is 23.4 Å². The van der Waals surface area contributed by atoms with Gasteiger partial charge in [-0.2, -0.15) is 5.01 Å². The highest BCUT2D eigenvalue weighted by Crippen LogP contribution is 2.36. The molecule has 10 nitrogen and oxygen atoms in total. The zero-order chi connectivity index (χ0) is 24.4. The van der Waals surface area contributed by atoms with E-state index in [1.54, 1.807) is 12.1 Å². The fourth-order valence-electron chi connectivity index (χ4n) is 4.15. The van der Waals surface area contributed by atoms with Gasteiger partial charge in [0.1, 0.15) is 12.3 Å². The summed E-state index contributed by atoms with van der Waals surface area (Å²) >= 11 is 0. The molecule has 10 heteroatoms. The molecular formula is C24H21N3O7. The zero-order valence-electron chi connectivity index (χ0n) is 18.2. The highest BCUT2D eigenvalue weighted by atomic mass is 16.6. The third-order valence-electron chi connectivity index (χ3n) is 5.97. The minimum Gasteiger partial charge on any atom is -0.497 e. The topological polar surface area (TPSA) is 127 Å². The van der Waals surface area contributed by atoms with Gasteiger partial charge in [0, 0.05) is 23.3 Å². The number of nitro benzene ring substituents is 1. The molecule has 1 aliphatic carbocycles. The summed E-state index contributed by atoms with van der Waals surface area (Å²) in [5.41, 5.74) is 0.0117. The van der Waals surface area contributed by atoms with Crippen LogP contribution in [0.4, 0.5) is 5.69 Å². The number of imide groups is 1. The molecule has 2 atom stereocenters. The number of methoxy groups -OCH3 is 1. The first-order valence-corrected chi connectivity index (χ1v) is 10.6. The maximum atomic E-state index is 13.4. The lowest BCUT2D eigenvalue weighted by Crippen LogP contribution is -2.52. The number of Topliss-reactive ketones (excluding diaryl/α,β-unsaturated/α-hetero) is 1. The van der Waals surface area contributed by atoms with Crippen LogP contribution in [0, 0.1) is 22.0 Å². The van der Waals surface area contributed by atoms with Crippen molar-refractivity contribution in [3.63, 3.8) is 0 Å². The van der Waals surface area contributed by atoms with E-state index in [9.17, 15) is 29.3 Å². The molecule has 0 saturated carbocycles. The summed E-state index contributed by atoms with van der Waals surface area (Å²) in [6.45, 7) is -0.576. The third kappa shape index (κ3) is 4.17. The lowest BCUT2D eigenvalue weighted by molar-refractivity contribution is -0.384. The van der Waals surface area contributed by atoms with E-state index in [0.29, 0.717) is 18.6 Å². The van der Waals surface area contributed by atoms with Gasteiger partial charge in [0.2, 0.25) is 0 Å². The highest BCUT2D eigenvalue weighted by molar-refractivity contribution is 6.09. The number of carbonyl (C=O) groups excluding carboxylic acids is 4. The third-order valence-corrected chi connectivity index (χ3v) is 5.97. The van der Waals surface area contributed by atoms with Gasteiger partial charge in [-0.25, -0.2) is 5.01 Å². The van der Waals surface area contributed by atoms with Gasteiger partial charge in [0.05, 0.1) is 23.9 Å². The van der Waals surface area contributed by atoms with Gasteiger partial charge >= 0.3 is 0 Å². The van der Waals surface area contributed by atoms with Crippen molar-refractivity contribution in [3.8, 4) is 5.75 Å². The van der Waals surface area contributed by atoms with E-state index in [4.69, 9.17) is 4.74 Å². The largest absolute Gasteiger partial charge is 0.497 e. The number of non-ortho nitro benzene ring substituents is 1. The fourth-order valence-corrected chi connectivity index (χ4v) is 4.15. The predicted octanol–water partition coefficient (Wildman–Crippen LogP) is 2.79. The number of carbonyl (C=O) groups is 4. The Balaban J connectivity index is 1.69. The average molecular weight is 463 g/mol. The van der Waals surface area contributed by atoms with E-state index in [0.717, 1.165) is 22.2 Å². The van der Waals surface area contributed by atoms with Crippen molar-refractivity contribution in [1.82, 2.24) is 10.0 Å². The Morgan fingerprint density at radius 3 is 2.21 bits per heavy atom. The molecule has 34 heavy (non-hydrogen) atoms. The SMILES string of the molecule is COc1cccc(C(=O)CN(C(=O)c2ccc([N+](=O)[O-])cc2)N2C(=O)[C@@H]3CC=CC[C@H]3C2=O)c1. The van der Waals surface area contributed by atoms with Gasteiger partial charge < -0.3 is 4.74 Å². The molecule has 0 radical (unpaired) electrons. The van der Waals surface area contributed by atoms with Crippen molar-refractivity contribution < 1.29 is 28.8 Å². The standard InChI is InChI=1S/C24H21N3O7/c1-34-18-6-4-5-16(13-18)21(28)14-25(22(29)15-9-11-17(12-10-15)27(32)33)26-23(30)19-7-2-3-8-20(19)24(26)31/h2-6,9-13,19-20H,7-8,14H2,1H3/t19-,20-/m1/s1. The van der Waals surface area contributed by atoms with Crippen molar-refractivity contribution in [2.75, 3.05) is 13.7 Å². The normalized spacial score (nSPS) is 19.0. The summed E-state index contributed by atoms with van der Waals surface area (Å²) in [6, 6.07) is 11.0. The Morgan fingerprint density at radius 1 is 1.03 bits per heavy atom. The first-order valence-electron chi connectivity index (χ1n) is 10.6. The minimum atomic E-state index is -0.792. The van der Waals surface area contributed by atoms with Crippen LogP contribution in [0.15, 0.2) is 60.7 Å². The number of ether oxygens (including phenoxy) is 1. The summed E-state index contributed by atoms with van der Waals surface area (Å²) in [7, 11) is 1.45. The van der Waals surface area contributed by atoms with Crippen LogP contribution in [0.25, 0.3) is 0 Å². The van der Waals surface area contributed by atoms with Crippen LogP contribution in [0.1, 0.15) is 33.6 Å². The van der Waals surface area contributed by atoms with Crippen molar-refractivity contribution >= 4 is 29.2 Å². The number of hydrazine groups is 1. The quantitative estimate of drug-likeness (QED) is 0.203. The number of amides is 3. The van der Waals surface area contributed by atoms with Gasteiger partial charge in [-0.1, -0.05) is 24.3 Å². The molecule has 1 saturated heterocycles. The molecule has 0 N–H and O–H groups in total. The Kier molecular flexibility index (Phi) is 6.22. The van der Waals surface area contributed by atoms with E-state index in [1.807, 2.05) is 12.2 Å². The van der Waals surface area contributed by atoms with Crippen LogP contribution >= 0.6 is 0 Å². The van der Waals surface area contributed by atoms with E-state index in [2.05, 4.69) is 0 Å². The van der Waals surface area contributed by atoms with Crippen LogP contribution in [0.3, 0.4) is 0 Å². The number of rotatable bonds is 7. The Morgan fingerprint density at radius 2 is 1.65 bits per heavy atom. The van der Waals surface area contributed by atoms with Crippen LogP contribution in [0.2, 0.25) is 0 Å². The lowest BCUT2D eigenvalue weighted by atomic mass is 9.85. The van der Waals surface area contributed by atoms with Crippen molar-refractivity contribution in [2.45, 2.75) is 12.8 Å². The molecule has 1 heterocycles. The van der Waals surface area contributed by atoms with E-state index in [-0.39, 0.29) is 16.8 Å². The van der Waals surface area contributed by atoms with Crippen LogP contribution in [0.5, 0.6) is 5.75 Å². The van der Waals surface area contributed by atoms with Gasteiger partial charge in [0.15, 0.2) is 5.78 Å². The number of nitro groups is 1. The molecule has 1 aliphatic heterocycles. The average Bonchev–Trinajstić information content (AvgIpc) is 3.12. The van der Waals surface area contributed by atoms with Gasteiger partial charge in [-0.15, -0.1) is 0 Å². The van der Waals surface area contributed by atoms with Crippen molar-refractivity contribution in [1.29, 1.82) is 0 Å². The number of allylic oxidation sites excluding steroid dienone is 2. The summed E-state index contributed by atoms with van der Waals surface area (Å²) in [5, 5.41) is 12.6. The monoisotopic (exact) mass is 463 g/mol. The molecule has 0 bridgehead atoms. The number of hydrogen-bond acceptors (Lipinski definition) is 7. The molecular weight excluding hydrogens is 442 g/mol. The molecule has 174 valence electrons. The van der Waals surface area contributed by atoms with E-state index < -0.39 is 46.8 Å². The summed E-state index contributed by atoms with van der Waals surface area (Å²) in [5.74, 6) is -3.17. The molecule has 2 aromatic rings. The molecule has 4 rings (SSSR count). The second kappa shape index (κ2) is 9.26. The van der Waals surface area contributed by atoms with Gasteiger partial charge in [-0.3, -0.25) is 29.3 Å². The zero-order valence-corrected chi connectivity index (χ0v) is 18.2. The summed E-state index contributed by atoms with van der Waals surface area (Å²) in [4.78, 5) is 63.1. The molecule has 0 unspecified atom stereocenters. The maximum Gasteiger partial charge on any atom is 0.273 e. The summed E-state index contributed by atoms with van der Waals surface area (Å²) in [6.07, 6.45) is 4.38. The van der Waals surface area contributed by atoms with Crippen molar-refractivity contribution in [2.24, 2.45) is 11.8 Å².